The van der Waals surface area contributed by atoms with Gasteiger partial charge in [0.1, 0.15) is 23.3 Å². The molecule has 3 aromatic rings. The molecule has 5 heterocycles. The molecule has 0 aliphatic carbocycles. The van der Waals surface area contributed by atoms with Crippen LogP contribution in [0.1, 0.15) is 16.5 Å². The number of anilines is 2. The minimum atomic E-state index is -0.897. The molecule has 5 rings (SSSR count). The van der Waals surface area contributed by atoms with Gasteiger partial charge in [0.15, 0.2) is 0 Å². The van der Waals surface area contributed by atoms with E-state index in [0.29, 0.717) is 37.9 Å². The van der Waals surface area contributed by atoms with Crippen LogP contribution in [0.5, 0.6) is 0 Å². The minimum absolute atomic E-state index is 0.126. The van der Waals surface area contributed by atoms with Crippen LogP contribution in [-0.4, -0.2) is 107 Å². The molecule has 12 heteroatoms. The molecule has 2 aliphatic rings. The summed E-state index contributed by atoms with van der Waals surface area (Å²) in [4.78, 5) is 37.7. The number of aliphatic hydroxyl groups excluding tert-OH is 1. The number of piperazine rings is 1. The second-order valence-electron chi connectivity index (χ2n) is 8.82. The molecular formula is C23H30N8O3S. The zero-order chi connectivity index (χ0) is 24.2. The molecule has 2 atom stereocenters. The highest BCUT2D eigenvalue weighted by atomic mass is 32.1. The van der Waals surface area contributed by atoms with Gasteiger partial charge in [0.05, 0.1) is 13.2 Å². The fraction of sp³-hybridized carbons (Fsp3) is 0.522. The average molecular weight is 499 g/mol. The van der Waals surface area contributed by atoms with Crippen molar-refractivity contribution in [3.05, 3.63) is 35.1 Å². The lowest BCUT2D eigenvalue weighted by atomic mass is 10.1. The number of carbonyl (C=O) groups excluding carboxylic acids is 1. The largest absolute Gasteiger partial charge is 0.384 e. The first-order chi connectivity index (χ1) is 17.1. The Kier molecular flexibility index (Phi) is 7.44. The first-order valence-electron chi connectivity index (χ1n) is 11.8. The van der Waals surface area contributed by atoms with Gasteiger partial charge in [0.2, 0.25) is 11.9 Å². The van der Waals surface area contributed by atoms with Gasteiger partial charge in [0, 0.05) is 87.3 Å². The van der Waals surface area contributed by atoms with E-state index in [4.69, 9.17) is 9.72 Å². The number of aldehydes is 1. The Bertz CT molecular complexity index is 1140. The van der Waals surface area contributed by atoms with E-state index in [9.17, 15) is 9.90 Å². The molecule has 0 radical (unpaired) electrons. The number of aromatic nitrogens is 4. The molecule has 0 spiro atoms. The van der Waals surface area contributed by atoms with E-state index < -0.39 is 6.10 Å². The van der Waals surface area contributed by atoms with Crippen molar-refractivity contribution in [1.82, 2.24) is 29.7 Å². The molecule has 0 saturated carbocycles. The molecule has 186 valence electrons. The minimum Gasteiger partial charge on any atom is -0.384 e. The summed E-state index contributed by atoms with van der Waals surface area (Å²) in [7, 11) is 1.79. The van der Waals surface area contributed by atoms with Gasteiger partial charge in [-0.15, -0.1) is 11.3 Å². The van der Waals surface area contributed by atoms with Gasteiger partial charge in [-0.05, 0) is 6.07 Å². The zero-order valence-electron chi connectivity index (χ0n) is 19.7. The van der Waals surface area contributed by atoms with E-state index in [1.807, 2.05) is 6.20 Å². The van der Waals surface area contributed by atoms with Gasteiger partial charge in [0.25, 0.3) is 0 Å². The summed E-state index contributed by atoms with van der Waals surface area (Å²) in [5.41, 5.74) is 0.939. The molecule has 0 aromatic carbocycles. The fourth-order valence-corrected chi connectivity index (χ4v) is 5.47. The number of aliphatic hydroxyl groups is 1. The van der Waals surface area contributed by atoms with Gasteiger partial charge < -0.3 is 24.9 Å². The highest BCUT2D eigenvalue weighted by molar-refractivity contribution is 7.18. The van der Waals surface area contributed by atoms with Crippen LogP contribution in [0.4, 0.5) is 11.9 Å². The van der Waals surface area contributed by atoms with Crippen LogP contribution in [0.25, 0.3) is 10.2 Å². The first-order valence-corrected chi connectivity index (χ1v) is 12.6. The average Bonchev–Trinajstić information content (AvgIpc) is 3.31. The summed E-state index contributed by atoms with van der Waals surface area (Å²) in [5, 5.41) is 13.5. The van der Waals surface area contributed by atoms with Crippen molar-refractivity contribution < 1.29 is 14.6 Å². The third-order valence-corrected chi connectivity index (χ3v) is 7.40. The number of hydrogen-bond donors (Lipinski definition) is 2. The Labute approximate surface area is 207 Å². The van der Waals surface area contributed by atoms with E-state index in [1.165, 1.54) is 4.88 Å². The van der Waals surface area contributed by atoms with Crippen LogP contribution < -0.4 is 10.2 Å². The number of nitrogens with one attached hydrogen (secondary N) is 1. The molecule has 2 N–H and O–H groups in total. The highest BCUT2D eigenvalue weighted by Crippen LogP contribution is 2.29. The Morgan fingerprint density at radius 3 is 2.69 bits per heavy atom. The summed E-state index contributed by atoms with van der Waals surface area (Å²) < 4.78 is 5.97. The maximum Gasteiger partial charge on any atom is 0.226 e. The number of morpholine rings is 1. The maximum absolute atomic E-state index is 10.7. The van der Waals surface area contributed by atoms with Gasteiger partial charge >= 0.3 is 0 Å². The van der Waals surface area contributed by atoms with E-state index in [-0.39, 0.29) is 6.10 Å². The monoisotopic (exact) mass is 498 g/mol. The molecule has 2 fully saturated rings. The van der Waals surface area contributed by atoms with Crippen LogP contribution in [0.3, 0.4) is 0 Å². The van der Waals surface area contributed by atoms with E-state index in [1.54, 1.807) is 30.8 Å². The number of thiophene rings is 1. The van der Waals surface area contributed by atoms with E-state index >= 15 is 0 Å². The lowest BCUT2D eigenvalue weighted by Gasteiger charge is -2.34. The van der Waals surface area contributed by atoms with Crippen LogP contribution in [0.2, 0.25) is 0 Å². The van der Waals surface area contributed by atoms with Crippen molar-refractivity contribution in [2.45, 2.75) is 18.8 Å². The number of ether oxygens (including phenoxy) is 1. The topological polar surface area (TPSA) is 120 Å². The van der Waals surface area contributed by atoms with E-state index in [0.717, 1.165) is 55.0 Å². The van der Waals surface area contributed by atoms with E-state index in [2.05, 4.69) is 41.0 Å². The quantitative estimate of drug-likeness (QED) is 0.429. The SMILES string of the molecule is CNc1ncc([C@H]2CN(c3ncc4cc(CN5CCN(CC(O)C=O)CC5)sc4n3)CCO2)cn1. The predicted molar refractivity (Wildman–Crippen MR) is 134 cm³/mol. The second-order valence-corrected chi connectivity index (χ2v) is 9.93. The summed E-state index contributed by atoms with van der Waals surface area (Å²) in [6.45, 7) is 6.76. The predicted octanol–water partition coefficient (Wildman–Crippen LogP) is 0.778. The van der Waals surface area contributed by atoms with Crippen LogP contribution in [0.15, 0.2) is 24.7 Å². The third-order valence-electron chi connectivity index (χ3n) is 6.38. The molecular weight excluding hydrogens is 468 g/mol. The second kappa shape index (κ2) is 10.9. The number of fused-ring (bicyclic) bond motifs is 1. The number of β-amino-alcohol motifs (C(OH)–C–C–N with tert-alkyl or cyclic N) is 1. The molecule has 2 saturated heterocycles. The molecule has 0 bridgehead atoms. The fourth-order valence-electron chi connectivity index (χ4n) is 4.43. The Hall–Kier alpha value is -2.77. The van der Waals surface area contributed by atoms with Crippen molar-refractivity contribution in [2.75, 3.05) is 69.7 Å². The van der Waals surface area contributed by atoms with Crippen molar-refractivity contribution in [2.24, 2.45) is 0 Å². The van der Waals surface area contributed by atoms with Crippen molar-refractivity contribution in [1.29, 1.82) is 0 Å². The maximum atomic E-state index is 10.7. The van der Waals surface area contributed by atoms with Crippen molar-refractivity contribution >= 4 is 39.7 Å². The first kappa shape index (κ1) is 23.9. The lowest BCUT2D eigenvalue weighted by Crippen LogP contribution is -2.48. The lowest BCUT2D eigenvalue weighted by molar-refractivity contribution is -0.115. The molecule has 1 unspecified atom stereocenters. The van der Waals surface area contributed by atoms with Crippen LogP contribution in [0, 0.1) is 0 Å². The van der Waals surface area contributed by atoms with Crippen molar-refractivity contribution in [3.8, 4) is 0 Å². The third kappa shape index (κ3) is 5.73. The van der Waals surface area contributed by atoms with Gasteiger partial charge in [-0.2, -0.15) is 0 Å². The Morgan fingerprint density at radius 2 is 1.94 bits per heavy atom. The Balaban J connectivity index is 1.21. The number of nitrogens with zero attached hydrogens (tertiary/aromatic N) is 7. The molecule has 11 nitrogen and oxygen atoms in total. The van der Waals surface area contributed by atoms with Crippen molar-refractivity contribution in [3.63, 3.8) is 0 Å². The van der Waals surface area contributed by atoms with Crippen LogP contribution >= 0.6 is 11.3 Å². The number of hydrogen-bond acceptors (Lipinski definition) is 12. The van der Waals surface area contributed by atoms with Gasteiger partial charge in [-0.1, -0.05) is 0 Å². The normalized spacial score (nSPS) is 20.7. The molecule has 35 heavy (non-hydrogen) atoms. The van der Waals surface area contributed by atoms with Gasteiger partial charge in [-0.25, -0.2) is 19.9 Å². The summed E-state index contributed by atoms with van der Waals surface area (Å²) in [5.74, 6) is 1.30. The smallest absolute Gasteiger partial charge is 0.226 e. The Morgan fingerprint density at radius 1 is 1.17 bits per heavy atom. The van der Waals surface area contributed by atoms with Crippen LogP contribution in [-0.2, 0) is 16.1 Å². The highest BCUT2D eigenvalue weighted by Gasteiger charge is 2.25. The standard InChI is InChI=1S/C23H30N8O3S/c1-24-22-25-10-17(11-26-22)20-14-31(6-7-34-20)23-27-9-16-8-19(35-21(16)28-23)13-30-4-2-29(3-5-30)12-18(33)15-32/h8-11,15,18,20,33H,2-7,12-14H2,1H3,(H,24,25,26)/t18?,20-/m1/s1. The summed E-state index contributed by atoms with van der Waals surface area (Å²) in [6, 6.07) is 2.18. The summed E-state index contributed by atoms with van der Waals surface area (Å²) in [6.07, 6.45) is 5.09. The number of rotatable bonds is 8. The van der Waals surface area contributed by atoms with Gasteiger partial charge in [-0.3, -0.25) is 9.80 Å². The molecule has 2 aliphatic heterocycles. The summed E-state index contributed by atoms with van der Waals surface area (Å²) >= 11 is 1.71. The number of carbonyl (C=O) groups is 1. The molecule has 3 aromatic heterocycles. The zero-order valence-corrected chi connectivity index (χ0v) is 20.5. The molecule has 0 amide bonds.